The summed E-state index contributed by atoms with van der Waals surface area (Å²) < 4.78 is 11.0. The summed E-state index contributed by atoms with van der Waals surface area (Å²) in [5, 5.41) is 20.2. The van der Waals surface area contributed by atoms with E-state index in [1.54, 1.807) is 25.5 Å². The summed E-state index contributed by atoms with van der Waals surface area (Å²) in [4.78, 5) is 48.6. The molecule has 0 radical (unpaired) electrons. The summed E-state index contributed by atoms with van der Waals surface area (Å²) in [6, 6.07) is -0.873. The van der Waals surface area contributed by atoms with Gasteiger partial charge in [-0.25, -0.2) is 4.98 Å². The zero-order valence-corrected chi connectivity index (χ0v) is 24.3. The number of hydrogen-bond donors (Lipinski definition) is 2. The SMILES string of the molecule is CON=C(C(=O)NC1C(=O)N2CC(C(=O)[O-])(C3COC(C)(C)O3)C(SC)S[C@H]12)c1csc(N)n1.[Na+]. The Morgan fingerprint density at radius 1 is 1.46 bits per heavy atom. The van der Waals surface area contributed by atoms with Crippen LogP contribution in [0.1, 0.15) is 19.5 Å². The molecule has 186 valence electrons. The Balaban J connectivity index is 0.00000342. The normalized spacial score (nSPS) is 31.7. The van der Waals surface area contributed by atoms with Crippen molar-refractivity contribution in [2.75, 3.05) is 32.3 Å². The molecule has 4 rings (SSSR count). The third-order valence-corrected chi connectivity index (χ3v) is 9.79. The molecule has 0 bridgehead atoms. The summed E-state index contributed by atoms with van der Waals surface area (Å²) in [6.45, 7) is 3.37. The maximum atomic E-state index is 13.0. The van der Waals surface area contributed by atoms with E-state index in [2.05, 4.69) is 15.5 Å². The van der Waals surface area contributed by atoms with Gasteiger partial charge >= 0.3 is 29.6 Å². The number of rotatable bonds is 7. The van der Waals surface area contributed by atoms with E-state index in [-0.39, 0.29) is 59.2 Å². The van der Waals surface area contributed by atoms with Gasteiger partial charge < -0.3 is 40.2 Å². The molecule has 0 saturated carbocycles. The monoisotopic (exact) mass is 553 g/mol. The minimum Gasteiger partial charge on any atom is -0.549 e. The molecular formula is C19H24N5NaO7S3. The number of carboxylic acid groups (broad SMARTS) is 1. The fourth-order valence-corrected chi connectivity index (χ4v) is 7.80. The Morgan fingerprint density at radius 2 is 2.17 bits per heavy atom. The van der Waals surface area contributed by atoms with Crippen molar-refractivity contribution in [2.24, 2.45) is 10.6 Å². The fourth-order valence-electron chi connectivity index (χ4n) is 4.24. The van der Waals surface area contributed by atoms with Gasteiger partial charge in [0.2, 0.25) is 5.91 Å². The van der Waals surface area contributed by atoms with Crippen molar-refractivity contribution in [3.8, 4) is 0 Å². The largest absolute Gasteiger partial charge is 1.00 e. The summed E-state index contributed by atoms with van der Waals surface area (Å²) in [7, 11) is 1.29. The van der Waals surface area contributed by atoms with Crippen LogP contribution >= 0.6 is 34.9 Å². The number of oxime groups is 1. The van der Waals surface area contributed by atoms with E-state index in [4.69, 9.17) is 20.0 Å². The third-order valence-electron chi connectivity index (χ3n) is 5.88. The number of thioether (sulfide) groups is 2. The first-order chi connectivity index (χ1) is 16.0. The van der Waals surface area contributed by atoms with E-state index in [1.165, 1.54) is 35.5 Å². The first-order valence-corrected chi connectivity index (χ1v) is 13.3. The van der Waals surface area contributed by atoms with Crippen LogP contribution in [0.4, 0.5) is 5.13 Å². The molecule has 1 aromatic rings. The van der Waals surface area contributed by atoms with Gasteiger partial charge in [-0.15, -0.1) is 34.9 Å². The van der Waals surface area contributed by atoms with E-state index >= 15 is 0 Å². The molecule has 3 N–H and O–H groups in total. The predicted molar refractivity (Wildman–Crippen MR) is 125 cm³/mol. The molecule has 3 saturated heterocycles. The summed E-state index contributed by atoms with van der Waals surface area (Å²) in [5.74, 6) is -3.32. The van der Waals surface area contributed by atoms with Gasteiger partial charge in [-0.05, 0) is 20.1 Å². The standard InChI is InChI=1S/C19H25N5O7S3.Na/c1-18(2)30-5-9(31-18)19(15(27)28)7-24-13(26)11(14(24)34-16(19)32-4)22-12(25)10(23-29-3)8-6-33-17(20)21-8;/h6,9,11,14,16H,5,7H2,1-4H3,(H2,20,21)(H,22,25)(H,27,28);/q;+1/p-1/t9?,11?,14-,16?,19?;/m1./s1. The van der Waals surface area contributed by atoms with Crippen LogP contribution in [-0.4, -0.2) is 87.8 Å². The minimum absolute atomic E-state index is 0. The number of nitrogens with two attached hydrogens (primary N) is 1. The molecule has 35 heavy (non-hydrogen) atoms. The smallest absolute Gasteiger partial charge is 0.549 e. The van der Waals surface area contributed by atoms with Gasteiger partial charge in [0.25, 0.3) is 5.91 Å². The van der Waals surface area contributed by atoms with Gasteiger partial charge in [0.15, 0.2) is 16.6 Å². The fraction of sp³-hybridized carbons (Fsp3) is 0.632. The molecule has 16 heteroatoms. The van der Waals surface area contributed by atoms with Crippen molar-refractivity contribution in [1.29, 1.82) is 0 Å². The van der Waals surface area contributed by atoms with Crippen molar-refractivity contribution in [2.45, 2.75) is 41.7 Å². The van der Waals surface area contributed by atoms with Gasteiger partial charge in [0, 0.05) is 11.9 Å². The van der Waals surface area contributed by atoms with E-state index in [9.17, 15) is 19.5 Å². The van der Waals surface area contributed by atoms with Crippen LogP contribution in [0, 0.1) is 5.41 Å². The molecular weight excluding hydrogens is 529 g/mol. The molecule has 4 heterocycles. The number of hydrogen-bond acceptors (Lipinski definition) is 13. The number of aromatic nitrogens is 1. The number of aliphatic carboxylic acids is 1. The maximum Gasteiger partial charge on any atom is 1.00 e. The van der Waals surface area contributed by atoms with E-state index in [1.807, 2.05) is 0 Å². The molecule has 4 unspecified atom stereocenters. The summed E-state index contributed by atoms with van der Waals surface area (Å²) in [6.07, 6.45) is 0.992. The van der Waals surface area contributed by atoms with Crippen molar-refractivity contribution in [3.63, 3.8) is 0 Å². The maximum absolute atomic E-state index is 13.0. The first kappa shape index (κ1) is 28.5. The number of nitrogen functional groups attached to an aromatic ring is 1. The van der Waals surface area contributed by atoms with Crippen LogP contribution in [0.3, 0.4) is 0 Å². The topological polar surface area (TPSA) is 168 Å². The minimum atomic E-state index is -1.49. The van der Waals surface area contributed by atoms with Crippen LogP contribution < -0.4 is 45.7 Å². The van der Waals surface area contributed by atoms with Crippen LogP contribution in [0.2, 0.25) is 0 Å². The van der Waals surface area contributed by atoms with Gasteiger partial charge in [0.1, 0.15) is 24.2 Å². The Labute approximate surface area is 236 Å². The molecule has 1 aromatic heterocycles. The Kier molecular flexibility index (Phi) is 8.74. The van der Waals surface area contributed by atoms with Crippen molar-refractivity contribution >= 4 is 63.5 Å². The number of nitrogens with one attached hydrogen (secondary N) is 1. The average molecular weight is 554 g/mol. The number of ether oxygens (including phenoxy) is 2. The molecule has 0 aliphatic carbocycles. The number of thiazole rings is 1. The number of carbonyl (C=O) groups is 3. The van der Waals surface area contributed by atoms with E-state index in [0.717, 1.165) is 11.3 Å². The number of anilines is 1. The van der Waals surface area contributed by atoms with Crippen molar-refractivity contribution in [3.05, 3.63) is 11.1 Å². The predicted octanol–water partition coefficient (Wildman–Crippen LogP) is -3.94. The molecule has 3 aliphatic heterocycles. The number of carboxylic acids is 1. The van der Waals surface area contributed by atoms with Crippen LogP contribution in [0.5, 0.6) is 0 Å². The van der Waals surface area contributed by atoms with Crippen molar-refractivity contribution < 1.29 is 63.4 Å². The molecule has 0 spiro atoms. The quantitative estimate of drug-likeness (QED) is 0.146. The Bertz CT molecular complexity index is 1040. The number of nitrogens with zero attached hydrogens (tertiary/aromatic N) is 3. The van der Waals surface area contributed by atoms with E-state index < -0.39 is 51.1 Å². The molecule has 3 aliphatic rings. The Morgan fingerprint density at radius 3 is 2.69 bits per heavy atom. The molecule has 12 nitrogen and oxygen atoms in total. The number of β-lactam (4-membered cyclic amide) rings is 1. The van der Waals surface area contributed by atoms with Gasteiger partial charge in [0.05, 0.1) is 28.7 Å². The van der Waals surface area contributed by atoms with Gasteiger partial charge in [-0.3, -0.25) is 9.59 Å². The molecule has 2 amide bonds. The van der Waals surface area contributed by atoms with E-state index in [0.29, 0.717) is 0 Å². The second-order valence-corrected chi connectivity index (χ2v) is 11.7. The average Bonchev–Trinajstić information content (AvgIpc) is 3.38. The number of carbonyl (C=O) groups excluding carboxylic acids is 3. The first-order valence-electron chi connectivity index (χ1n) is 10.2. The number of fused-ring (bicyclic) bond motifs is 1. The third kappa shape index (κ3) is 5.06. The van der Waals surface area contributed by atoms with Crippen LogP contribution in [0.15, 0.2) is 10.5 Å². The molecule has 5 atom stereocenters. The second kappa shape index (κ2) is 10.7. The second-order valence-electron chi connectivity index (χ2n) is 8.35. The summed E-state index contributed by atoms with van der Waals surface area (Å²) in [5.41, 5.74) is 4.27. The molecule has 3 fully saturated rings. The van der Waals surface area contributed by atoms with Crippen molar-refractivity contribution in [1.82, 2.24) is 15.2 Å². The number of amides is 2. The molecule has 0 aromatic carbocycles. The zero-order valence-electron chi connectivity index (χ0n) is 19.8. The van der Waals surface area contributed by atoms with Crippen LogP contribution in [-0.2, 0) is 28.7 Å². The van der Waals surface area contributed by atoms with Gasteiger partial charge in [-0.2, -0.15) is 0 Å². The zero-order chi connectivity index (χ0) is 24.8. The Hall–Kier alpha value is -1.07. The van der Waals surface area contributed by atoms with Crippen LogP contribution in [0.25, 0.3) is 0 Å². The summed E-state index contributed by atoms with van der Waals surface area (Å²) >= 11 is 3.74. The van der Waals surface area contributed by atoms with Gasteiger partial charge in [-0.1, -0.05) is 5.16 Å².